The van der Waals surface area contributed by atoms with Gasteiger partial charge in [0.15, 0.2) is 0 Å². The Kier molecular flexibility index (Phi) is 4.87. The van der Waals surface area contributed by atoms with Crippen LogP contribution in [0.2, 0.25) is 0 Å². The fourth-order valence-corrected chi connectivity index (χ4v) is 2.47. The summed E-state index contributed by atoms with van der Waals surface area (Å²) in [5.74, 6) is 0.216. The van der Waals surface area contributed by atoms with Gasteiger partial charge in [-0.15, -0.1) is 13.2 Å². The first kappa shape index (κ1) is 15.5. The van der Waals surface area contributed by atoms with Crippen LogP contribution in [-0.2, 0) is 14.3 Å². The molecule has 116 valence electrons. The number of amides is 1. The Morgan fingerprint density at radius 3 is 2.55 bits per heavy atom. The Labute approximate surface area is 115 Å². The van der Waals surface area contributed by atoms with Gasteiger partial charge in [-0.25, -0.2) is 0 Å². The largest absolute Gasteiger partial charge is 0.522 e. The summed E-state index contributed by atoms with van der Waals surface area (Å²) in [7, 11) is 0. The lowest BCUT2D eigenvalue weighted by molar-refractivity contribution is -0.357. The maximum Gasteiger partial charge on any atom is 0.522 e. The van der Waals surface area contributed by atoms with E-state index in [1.807, 2.05) is 0 Å². The number of alkyl halides is 3. The van der Waals surface area contributed by atoms with Crippen molar-refractivity contribution in [1.29, 1.82) is 0 Å². The van der Waals surface area contributed by atoms with Crippen LogP contribution in [0.1, 0.15) is 19.3 Å². The van der Waals surface area contributed by atoms with E-state index in [2.05, 4.69) is 4.74 Å². The third-order valence-electron chi connectivity index (χ3n) is 3.77. The topological polar surface area (TPSA) is 64.8 Å². The first-order chi connectivity index (χ1) is 9.37. The van der Waals surface area contributed by atoms with Crippen molar-refractivity contribution in [2.24, 2.45) is 11.7 Å². The quantitative estimate of drug-likeness (QED) is 0.818. The van der Waals surface area contributed by atoms with Crippen LogP contribution in [0, 0.1) is 5.92 Å². The highest BCUT2D eigenvalue weighted by Gasteiger charge is 2.41. The highest BCUT2D eigenvalue weighted by Crippen LogP contribution is 2.32. The average molecular weight is 296 g/mol. The van der Waals surface area contributed by atoms with Gasteiger partial charge >= 0.3 is 6.36 Å². The molecule has 0 radical (unpaired) electrons. The summed E-state index contributed by atoms with van der Waals surface area (Å²) in [6.45, 7) is 1.79. The molecule has 1 saturated carbocycles. The lowest BCUT2D eigenvalue weighted by atomic mass is 9.92. The summed E-state index contributed by atoms with van der Waals surface area (Å²) in [6, 6.07) is 0. The summed E-state index contributed by atoms with van der Waals surface area (Å²) >= 11 is 0. The lowest BCUT2D eigenvalue weighted by Gasteiger charge is -2.35. The Bertz CT molecular complexity index is 345. The molecule has 5 nitrogen and oxygen atoms in total. The van der Waals surface area contributed by atoms with Crippen molar-refractivity contribution >= 4 is 5.91 Å². The zero-order valence-corrected chi connectivity index (χ0v) is 11.1. The van der Waals surface area contributed by atoms with Gasteiger partial charge in [0.25, 0.3) is 0 Å². The highest BCUT2D eigenvalue weighted by atomic mass is 19.4. The van der Waals surface area contributed by atoms with Crippen molar-refractivity contribution in [3.05, 3.63) is 0 Å². The van der Waals surface area contributed by atoms with Crippen molar-refractivity contribution in [3.63, 3.8) is 0 Å². The van der Waals surface area contributed by atoms with Crippen molar-refractivity contribution < 1.29 is 27.4 Å². The zero-order chi connectivity index (χ0) is 14.8. The molecule has 8 heteroatoms. The van der Waals surface area contributed by atoms with E-state index in [1.54, 1.807) is 4.90 Å². The molecule has 1 aliphatic heterocycles. The Hall–Kier alpha value is -0.860. The van der Waals surface area contributed by atoms with Crippen LogP contribution >= 0.6 is 0 Å². The molecule has 1 amide bonds. The smallest absolute Gasteiger partial charge is 0.368 e. The maximum absolute atomic E-state index is 11.9. The third kappa shape index (κ3) is 4.32. The second-order valence-corrected chi connectivity index (χ2v) is 5.32. The highest BCUT2D eigenvalue weighted by molar-refractivity contribution is 5.77. The van der Waals surface area contributed by atoms with Gasteiger partial charge in [-0.05, 0) is 18.9 Å². The number of nitrogens with zero attached hydrogens (tertiary/aromatic N) is 1. The Balaban J connectivity index is 1.59. The lowest BCUT2D eigenvalue weighted by Crippen LogP contribution is -2.42. The predicted octanol–water partition coefficient (Wildman–Crippen LogP) is 0.878. The standard InChI is InChI=1S/C12H19F3N2O3/c13-12(14,15)20-10-3-9(4-10)19-7-11(18)17-2-1-8(5-16)6-17/h8-10H,1-7,16H2. The van der Waals surface area contributed by atoms with E-state index in [4.69, 9.17) is 10.5 Å². The number of carbonyl (C=O) groups is 1. The number of nitrogens with two attached hydrogens (primary N) is 1. The molecule has 2 aliphatic rings. The number of likely N-dealkylation sites (tertiary alicyclic amines) is 1. The minimum atomic E-state index is -4.60. The van der Waals surface area contributed by atoms with Crippen molar-refractivity contribution in [2.75, 3.05) is 26.2 Å². The van der Waals surface area contributed by atoms with E-state index in [1.165, 1.54) is 0 Å². The number of hydrogen-bond acceptors (Lipinski definition) is 4. The summed E-state index contributed by atoms with van der Waals surface area (Å²) in [5, 5.41) is 0. The Morgan fingerprint density at radius 2 is 2.00 bits per heavy atom. The molecule has 2 fully saturated rings. The Morgan fingerprint density at radius 1 is 1.30 bits per heavy atom. The molecule has 1 saturated heterocycles. The molecule has 2 N–H and O–H groups in total. The second kappa shape index (κ2) is 6.28. The van der Waals surface area contributed by atoms with Gasteiger partial charge in [0.05, 0.1) is 12.2 Å². The van der Waals surface area contributed by atoms with Crippen LogP contribution in [0.25, 0.3) is 0 Å². The van der Waals surface area contributed by atoms with Gasteiger partial charge in [0.1, 0.15) is 6.61 Å². The zero-order valence-electron chi connectivity index (χ0n) is 11.1. The summed E-state index contributed by atoms with van der Waals surface area (Å²) in [5.41, 5.74) is 5.54. The van der Waals surface area contributed by atoms with Gasteiger partial charge < -0.3 is 15.4 Å². The fourth-order valence-electron chi connectivity index (χ4n) is 2.47. The van der Waals surface area contributed by atoms with Crippen LogP contribution in [0.4, 0.5) is 13.2 Å². The molecule has 1 heterocycles. The van der Waals surface area contributed by atoms with E-state index in [0.29, 0.717) is 25.6 Å². The minimum absolute atomic E-state index is 0.0826. The predicted molar refractivity (Wildman–Crippen MR) is 63.6 cm³/mol. The third-order valence-corrected chi connectivity index (χ3v) is 3.77. The van der Waals surface area contributed by atoms with Gasteiger partial charge in [-0.2, -0.15) is 0 Å². The number of rotatable bonds is 5. The van der Waals surface area contributed by atoms with Gasteiger partial charge in [-0.1, -0.05) is 0 Å². The van der Waals surface area contributed by atoms with Gasteiger partial charge in [-0.3, -0.25) is 9.53 Å². The fraction of sp³-hybridized carbons (Fsp3) is 0.917. The second-order valence-electron chi connectivity index (χ2n) is 5.32. The summed E-state index contributed by atoms with van der Waals surface area (Å²) in [6.07, 6.45) is -4.51. The maximum atomic E-state index is 11.9. The van der Waals surface area contributed by atoms with Crippen LogP contribution in [-0.4, -0.2) is 55.6 Å². The molecule has 1 aliphatic carbocycles. The van der Waals surface area contributed by atoms with Crippen molar-refractivity contribution in [2.45, 2.75) is 37.8 Å². The summed E-state index contributed by atoms with van der Waals surface area (Å²) in [4.78, 5) is 13.5. The van der Waals surface area contributed by atoms with Crippen LogP contribution in [0.15, 0.2) is 0 Å². The van der Waals surface area contributed by atoms with E-state index in [9.17, 15) is 18.0 Å². The molecule has 0 spiro atoms. The van der Waals surface area contributed by atoms with E-state index in [-0.39, 0.29) is 31.5 Å². The molecule has 0 aromatic carbocycles. The van der Waals surface area contributed by atoms with Gasteiger partial charge in [0, 0.05) is 25.9 Å². The number of halogens is 3. The molecule has 1 atom stereocenters. The molecule has 0 aromatic heterocycles. The van der Waals surface area contributed by atoms with Crippen molar-refractivity contribution in [3.8, 4) is 0 Å². The minimum Gasteiger partial charge on any atom is -0.368 e. The van der Waals surface area contributed by atoms with E-state index >= 15 is 0 Å². The van der Waals surface area contributed by atoms with Crippen LogP contribution in [0.3, 0.4) is 0 Å². The molecular weight excluding hydrogens is 277 g/mol. The van der Waals surface area contributed by atoms with Gasteiger partial charge in [0.2, 0.25) is 5.91 Å². The molecule has 20 heavy (non-hydrogen) atoms. The first-order valence-electron chi connectivity index (χ1n) is 6.71. The van der Waals surface area contributed by atoms with Crippen molar-refractivity contribution in [1.82, 2.24) is 4.90 Å². The van der Waals surface area contributed by atoms with E-state index in [0.717, 1.165) is 6.42 Å². The summed E-state index contributed by atoms with van der Waals surface area (Å²) < 4.78 is 44.9. The molecule has 1 unspecified atom stereocenters. The van der Waals surface area contributed by atoms with Crippen LogP contribution in [0.5, 0.6) is 0 Å². The molecular formula is C12H19F3N2O3. The van der Waals surface area contributed by atoms with Crippen LogP contribution < -0.4 is 5.73 Å². The average Bonchev–Trinajstić information content (AvgIpc) is 2.78. The molecule has 0 aromatic rings. The van der Waals surface area contributed by atoms with E-state index < -0.39 is 12.5 Å². The number of ether oxygens (including phenoxy) is 2. The number of hydrogen-bond donors (Lipinski definition) is 1. The number of carbonyl (C=O) groups excluding carboxylic acids is 1. The normalized spacial score (nSPS) is 30.4. The SMILES string of the molecule is NCC1CCN(C(=O)COC2CC(OC(F)(F)F)C2)C1. The monoisotopic (exact) mass is 296 g/mol. The molecule has 0 bridgehead atoms. The molecule has 2 rings (SSSR count). The first-order valence-corrected chi connectivity index (χ1v) is 6.71.